The van der Waals surface area contributed by atoms with Gasteiger partial charge in [-0.1, -0.05) is 30.3 Å². The average molecular weight is 326 g/mol. The second-order valence-electron chi connectivity index (χ2n) is 6.50. The highest BCUT2D eigenvalue weighted by Crippen LogP contribution is 2.13. The number of carbonyl (C=O) groups excluding carboxylic acids is 1. The predicted octanol–water partition coefficient (Wildman–Crippen LogP) is 2.08. The molecule has 128 valence electrons. The van der Waals surface area contributed by atoms with Crippen LogP contribution in [0.25, 0.3) is 0 Å². The maximum Gasteiger partial charge on any atom is 0.266 e. The van der Waals surface area contributed by atoms with Crippen molar-refractivity contribution in [3.63, 3.8) is 0 Å². The van der Waals surface area contributed by atoms with Crippen LogP contribution in [0, 0.1) is 11.3 Å². The highest BCUT2D eigenvalue weighted by atomic mass is 16.2. The molecular formula is C19H26N4O. The van der Waals surface area contributed by atoms with E-state index in [1.165, 1.54) is 0 Å². The molecule has 0 spiro atoms. The van der Waals surface area contributed by atoms with Crippen LogP contribution in [-0.4, -0.2) is 59.9 Å². The van der Waals surface area contributed by atoms with E-state index in [-0.39, 0.29) is 17.5 Å². The van der Waals surface area contributed by atoms with Gasteiger partial charge >= 0.3 is 0 Å². The van der Waals surface area contributed by atoms with Crippen LogP contribution in [0.1, 0.15) is 19.4 Å². The van der Waals surface area contributed by atoms with Crippen LogP contribution in [0.5, 0.6) is 0 Å². The van der Waals surface area contributed by atoms with Crippen LogP contribution in [0.15, 0.2) is 42.1 Å². The van der Waals surface area contributed by atoms with Gasteiger partial charge in [0.05, 0.1) is 0 Å². The Kier molecular flexibility index (Phi) is 6.39. The van der Waals surface area contributed by atoms with Crippen molar-refractivity contribution in [2.75, 3.05) is 33.2 Å². The largest absolute Gasteiger partial charge is 0.369 e. The average Bonchev–Trinajstić information content (AvgIpc) is 2.59. The number of nitriles is 1. The van der Waals surface area contributed by atoms with E-state index >= 15 is 0 Å². The summed E-state index contributed by atoms with van der Waals surface area (Å²) in [6, 6.07) is 12.4. The number of piperazine rings is 1. The normalized spacial score (nSPS) is 16.1. The first-order chi connectivity index (χ1) is 11.5. The molecule has 0 bridgehead atoms. The number of carbonyl (C=O) groups is 1. The molecule has 0 unspecified atom stereocenters. The topological polar surface area (TPSA) is 50.6 Å². The Hall–Kier alpha value is -2.32. The Morgan fingerprint density at radius 3 is 2.42 bits per heavy atom. The van der Waals surface area contributed by atoms with Gasteiger partial charge in [-0.25, -0.2) is 0 Å². The molecule has 0 aliphatic carbocycles. The van der Waals surface area contributed by atoms with Gasteiger partial charge in [0.15, 0.2) is 0 Å². The number of hydrogen-bond acceptors (Lipinski definition) is 4. The standard InChI is InChI=1S/C19H26N4O/c1-16(2)23(14-17-7-5-4-6-8-17)15-18(13-20)19(24)22-11-9-21(3)10-12-22/h4-8,15-16H,9-12,14H2,1-3H3/b18-15-. The summed E-state index contributed by atoms with van der Waals surface area (Å²) in [5, 5.41) is 9.47. The van der Waals surface area contributed by atoms with Gasteiger partial charge in [-0.2, -0.15) is 5.26 Å². The number of rotatable bonds is 5. The third-order valence-corrected chi connectivity index (χ3v) is 4.31. The molecule has 1 aliphatic rings. The van der Waals surface area contributed by atoms with E-state index in [4.69, 9.17) is 0 Å². The van der Waals surface area contributed by atoms with Gasteiger partial charge in [-0.05, 0) is 26.5 Å². The minimum Gasteiger partial charge on any atom is -0.369 e. The molecule has 0 N–H and O–H groups in total. The van der Waals surface area contributed by atoms with Gasteiger partial charge in [0.2, 0.25) is 0 Å². The Morgan fingerprint density at radius 2 is 1.88 bits per heavy atom. The van der Waals surface area contributed by atoms with Gasteiger partial charge in [0, 0.05) is 45.0 Å². The minimum absolute atomic E-state index is 0.163. The first kappa shape index (κ1) is 18.0. The Bertz CT molecular complexity index is 610. The fourth-order valence-corrected chi connectivity index (χ4v) is 2.65. The first-order valence-corrected chi connectivity index (χ1v) is 8.40. The predicted molar refractivity (Wildman–Crippen MR) is 94.9 cm³/mol. The molecular weight excluding hydrogens is 300 g/mol. The lowest BCUT2D eigenvalue weighted by molar-refractivity contribution is -0.128. The summed E-state index contributed by atoms with van der Waals surface area (Å²) in [4.78, 5) is 18.6. The number of amides is 1. The highest BCUT2D eigenvalue weighted by Gasteiger charge is 2.23. The van der Waals surface area contributed by atoms with Crippen molar-refractivity contribution in [1.29, 1.82) is 5.26 Å². The van der Waals surface area contributed by atoms with Crippen molar-refractivity contribution in [2.24, 2.45) is 0 Å². The monoisotopic (exact) mass is 326 g/mol. The SMILES string of the molecule is CC(C)N(/C=C(/C#N)C(=O)N1CCN(C)CC1)Cc1ccccc1. The zero-order valence-electron chi connectivity index (χ0n) is 14.8. The van der Waals surface area contributed by atoms with Crippen molar-refractivity contribution in [1.82, 2.24) is 14.7 Å². The summed E-state index contributed by atoms with van der Waals surface area (Å²) in [5.41, 5.74) is 1.37. The summed E-state index contributed by atoms with van der Waals surface area (Å²) < 4.78 is 0. The van der Waals surface area contributed by atoms with Crippen LogP contribution < -0.4 is 0 Å². The third-order valence-electron chi connectivity index (χ3n) is 4.31. The minimum atomic E-state index is -0.163. The van der Waals surface area contributed by atoms with Crippen LogP contribution in [0.4, 0.5) is 0 Å². The number of nitrogens with zero attached hydrogens (tertiary/aromatic N) is 4. The summed E-state index contributed by atoms with van der Waals surface area (Å²) in [7, 11) is 2.04. The molecule has 0 aromatic heterocycles. The fraction of sp³-hybridized carbons (Fsp3) is 0.474. The van der Waals surface area contributed by atoms with Gasteiger partial charge in [0.1, 0.15) is 11.6 Å². The molecule has 0 saturated carbocycles. The molecule has 1 amide bonds. The summed E-state index contributed by atoms with van der Waals surface area (Å²) in [5.74, 6) is -0.163. The lowest BCUT2D eigenvalue weighted by Gasteiger charge is -2.32. The second kappa shape index (κ2) is 8.51. The molecule has 2 rings (SSSR count). The van der Waals surface area contributed by atoms with Gasteiger partial charge in [0.25, 0.3) is 5.91 Å². The molecule has 5 nitrogen and oxygen atoms in total. The maximum atomic E-state index is 12.6. The summed E-state index contributed by atoms with van der Waals surface area (Å²) in [6.07, 6.45) is 1.72. The van der Waals surface area contributed by atoms with Gasteiger partial charge < -0.3 is 14.7 Å². The molecule has 1 aromatic carbocycles. The van der Waals surface area contributed by atoms with Crippen LogP contribution in [0.2, 0.25) is 0 Å². The zero-order chi connectivity index (χ0) is 17.5. The second-order valence-corrected chi connectivity index (χ2v) is 6.50. The van der Waals surface area contributed by atoms with E-state index in [1.54, 1.807) is 11.1 Å². The first-order valence-electron chi connectivity index (χ1n) is 8.40. The lowest BCUT2D eigenvalue weighted by Crippen LogP contribution is -2.47. The molecule has 1 saturated heterocycles. The third kappa shape index (κ3) is 4.84. The summed E-state index contributed by atoms with van der Waals surface area (Å²) in [6.45, 7) is 7.86. The molecule has 0 radical (unpaired) electrons. The zero-order valence-corrected chi connectivity index (χ0v) is 14.8. The van der Waals surface area contributed by atoms with E-state index in [0.717, 1.165) is 18.7 Å². The summed E-state index contributed by atoms with van der Waals surface area (Å²) >= 11 is 0. The van der Waals surface area contributed by atoms with Crippen molar-refractivity contribution in [2.45, 2.75) is 26.4 Å². The van der Waals surface area contributed by atoms with E-state index in [2.05, 4.69) is 36.9 Å². The van der Waals surface area contributed by atoms with Crippen molar-refractivity contribution >= 4 is 5.91 Å². The molecule has 1 heterocycles. The number of benzene rings is 1. The van der Waals surface area contributed by atoms with E-state index in [0.29, 0.717) is 19.6 Å². The molecule has 5 heteroatoms. The maximum absolute atomic E-state index is 12.6. The molecule has 1 aliphatic heterocycles. The number of hydrogen-bond donors (Lipinski definition) is 0. The van der Waals surface area contributed by atoms with E-state index in [1.807, 2.05) is 30.1 Å². The molecule has 24 heavy (non-hydrogen) atoms. The Morgan fingerprint density at radius 1 is 1.25 bits per heavy atom. The van der Waals surface area contributed by atoms with Crippen LogP contribution in [0.3, 0.4) is 0 Å². The lowest BCUT2D eigenvalue weighted by atomic mass is 10.1. The Balaban J connectivity index is 2.13. The fourth-order valence-electron chi connectivity index (χ4n) is 2.65. The van der Waals surface area contributed by atoms with Crippen molar-refractivity contribution in [3.05, 3.63) is 47.7 Å². The highest BCUT2D eigenvalue weighted by molar-refractivity contribution is 5.97. The van der Waals surface area contributed by atoms with Crippen molar-refractivity contribution in [3.8, 4) is 6.07 Å². The van der Waals surface area contributed by atoms with Gasteiger partial charge in [-0.3, -0.25) is 4.79 Å². The number of likely N-dealkylation sites (N-methyl/N-ethyl adjacent to an activating group) is 1. The molecule has 0 atom stereocenters. The van der Waals surface area contributed by atoms with Crippen LogP contribution in [-0.2, 0) is 11.3 Å². The smallest absolute Gasteiger partial charge is 0.266 e. The molecule has 1 aromatic rings. The van der Waals surface area contributed by atoms with Crippen molar-refractivity contribution < 1.29 is 4.79 Å². The Labute approximate surface area is 144 Å². The molecule has 1 fully saturated rings. The van der Waals surface area contributed by atoms with E-state index in [9.17, 15) is 10.1 Å². The van der Waals surface area contributed by atoms with Crippen LogP contribution >= 0.6 is 0 Å². The van der Waals surface area contributed by atoms with Gasteiger partial charge in [-0.15, -0.1) is 0 Å². The quantitative estimate of drug-likeness (QED) is 0.614. The van der Waals surface area contributed by atoms with E-state index < -0.39 is 0 Å².